The van der Waals surface area contributed by atoms with Crippen molar-refractivity contribution in [1.29, 1.82) is 0 Å². The lowest BCUT2D eigenvalue weighted by atomic mass is 10.0. The molecule has 0 spiro atoms. The fourth-order valence-electron chi connectivity index (χ4n) is 1.65. The number of rotatable bonds is 5. The van der Waals surface area contributed by atoms with E-state index in [1.165, 1.54) is 6.33 Å². The van der Waals surface area contributed by atoms with Gasteiger partial charge in [-0.15, -0.1) is 0 Å². The number of nitrogens with zero attached hydrogens (tertiary/aromatic N) is 2. The molecule has 17 heavy (non-hydrogen) atoms. The summed E-state index contributed by atoms with van der Waals surface area (Å²) in [5, 5.41) is 13.1. The molecule has 1 unspecified atom stereocenters. The summed E-state index contributed by atoms with van der Waals surface area (Å²) in [5.41, 5.74) is -0.795. The Morgan fingerprint density at radius 3 is 3.18 bits per heavy atom. The smallest absolute Gasteiger partial charge is 0.218 e. The predicted molar refractivity (Wildman–Crippen MR) is 62.1 cm³/mol. The van der Waals surface area contributed by atoms with Crippen molar-refractivity contribution in [2.24, 2.45) is 0 Å². The molecule has 0 aromatic carbocycles. The largest absolute Gasteiger partial charge is 0.478 e. The van der Waals surface area contributed by atoms with Crippen molar-refractivity contribution in [2.75, 3.05) is 31.7 Å². The zero-order chi connectivity index (χ0) is 12.1. The van der Waals surface area contributed by atoms with Gasteiger partial charge in [-0.3, -0.25) is 0 Å². The highest BCUT2D eigenvalue weighted by Gasteiger charge is 2.31. The van der Waals surface area contributed by atoms with Crippen LogP contribution in [-0.4, -0.2) is 47.0 Å². The van der Waals surface area contributed by atoms with Gasteiger partial charge < -0.3 is 19.9 Å². The van der Waals surface area contributed by atoms with Crippen LogP contribution >= 0.6 is 0 Å². The lowest BCUT2D eigenvalue weighted by Crippen LogP contribution is -2.37. The topological polar surface area (TPSA) is 76.5 Å². The van der Waals surface area contributed by atoms with Crippen LogP contribution in [0.15, 0.2) is 12.4 Å². The monoisotopic (exact) mass is 239 g/mol. The molecule has 1 saturated heterocycles. The maximum Gasteiger partial charge on any atom is 0.218 e. The van der Waals surface area contributed by atoms with E-state index >= 15 is 0 Å². The van der Waals surface area contributed by atoms with Crippen LogP contribution in [0.3, 0.4) is 0 Å². The lowest BCUT2D eigenvalue weighted by molar-refractivity contribution is 0.0381. The van der Waals surface area contributed by atoms with Gasteiger partial charge in [-0.1, -0.05) is 0 Å². The van der Waals surface area contributed by atoms with E-state index < -0.39 is 5.60 Å². The van der Waals surface area contributed by atoms with Gasteiger partial charge >= 0.3 is 0 Å². The summed E-state index contributed by atoms with van der Waals surface area (Å²) in [6.07, 6.45) is 2.08. The molecule has 0 amide bonds. The number of nitrogens with one attached hydrogen (secondary N) is 1. The molecule has 1 aromatic rings. The Morgan fingerprint density at radius 2 is 2.47 bits per heavy atom. The van der Waals surface area contributed by atoms with Crippen LogP contribution in [0, 0.1) is 0 Å². The Morgan fingerprint density at radius 1 is 1.59 bits per heavy atom. The van der Waals surface area contributed by atoms with Crippen LogP contribution in [0.25, 0.3) is 0 Å². The van der Waals surface area contributed by atoms with Crippen molar-refractivity contribution in [3.63, 3.8) is 0 Å². The standard InChI is InChI=1S/C11H17N3O3/c1-2-17-10-5-9(13-8-14-10)12-6-11(15)3-4-16-7-11/h5,8,15H,2-4,6-7H2,1H3,(H,12,13,14). The minimum Gasteiger partial charge on any atom is -0.478 e. The summed E-state index contributed by atoms with van der Waals surface area (Å²) in [6.45, 7) is 3.84. The molecule has 2 heterocycles. The van der Waals surface area contributed by atoms with Gasteiger partial charge in [0.1, 0.15) is 17.7 Å². The van der Waals surface area contributed by atoms with Crippen LogP contribution in [0.5, 0.6) is 5.88 Å². The molecule has 1 aliphatic rings. The van der Waals surface area contributed by atoms with Gasteiger partial charge in [-0.05, 0) is 6.92 Å². The number of aromatic nitrogens is 2. The van der Waals surface area contributed by atoms with E-state index in [4.69, 9.17) is 9.47 Å². The maximum absolute atomic E-state index is 10.1. The summed E-state index contributed by atoms with van der Waals surface area (Å²) in [4.78, 5) is 8.03. The predicted octanol–water partition coefficient (Wildman–Crippen LogP) is 0.439. The molecule has 1 atom stereocenters. The van der Waals surface area contributed by atoms with E-state index in [9.17, 15) is 5.11 Å². The third-order valence-corrected chi connectivity index (χ3v) is 2.62. The fourth-order valence-corrected chi connectivity index (χ4v) is 1.65. The lowest BCUT2D eigenvalue weighted by Gasteiger charge is -2.20. The molecule has 6 nitrogen and oxygen atoms in total. The molecule has 0 bridgehead atoms. The number of ether oxygens (including phenoxy) is 2. The molecule has 0 saturated carbocycles. The molecular formula is C11H17N3O3. The normalized spacial score (nSPS) is 23.6. The van der Waals surface area contributed by atoms with Crippen molar-refractivity contribution < 1.29 is 14.6 Å². The van der Waals surface area contributed by atoms with Crippen molar-refractivity contribution in [3.8, 4) is 5.88 Å². The average Bonchev–Trinajstić information content (AvgIpc) is 2.76. The van der Waals surface area contributed by atoms with E-state index in [1.807, 2.05) is 6.92 Å². The van der Waals surface area contributed by atoms with E-state index in [1.54, 1.807) is 6.07 Å². The second kappa shape index (κ2) is 5.29. The Kier molecular flexibility index (Phi) is 3.75. The highest BCUT2D eigenvalue weighted by atomic mass is 16.5. The number of hydrogen-bond donors (Lipinski definition) is 2. The van der Waals surface area contributed by atoms with Crippen LogP contribution in [0.1, 0.15) is 13.3 Å². The Bertz CT molecular complexity index is 367. The molecular weight excluding hydrogens is 222 g/mol. The average molecular weight is 239 g/mol. The van der Waals surface area contributed by atoms with Crippen LogP contribution in [0.2, 0.25) is 0 Å². The number of aliphatic hydroxyl groups is 1. The molecule has 2 N–H and O–H groups in total. The summed E-state index contributed by atoms with van der Waals surface area (Å²) >= 11 is 0. The van der Waals surface area contributed by atoms with E-state index in [-0.39, 0.29) is 0 Å². The van der Waals surface area contributed by atoms with E-state index in [0.29, 0.717) is 44.5 Å². The summed E-state index contributed by atoms with van der Waals surface area (Å²) in [7, 11) is 0. The van der Waals surface area contributed by atoms with Gasteiger partial charge in [0.15, 0.2) is 0 Å². The Hall–Kier alpha value is -1.40. The molecule has 94 valence electrons. The van der Waals surface area contributed by atoms with Crippen molar-refractivity contribution >= 4 is 5.82 Å². The number of anilines is 1. The highest BCUT2D eigenvalue weighted by Crippen LogP contribution is 2.19. The quantitative estimate of drug-likeness (QED) is 0.776. The fraction of sp³-hybridized carbons (Fsp3) is 0.636. The van der Waals surface area contributed by atoms with Gasteiger partial charge in [-0.2, -0.15) is 0 Å². The Labute approximate surface area is 100.0 Å². The van der Waals surface area contributed by atoms with Gasteiger partial charge in [0.25, 0.3) is 0 Å². The van der Waals surface area contributed by atoms with Gasteiger partial charge in [0.05, 0.1) is 13.2 Å². The summed E-state index contributed by atoms with van der Waals surface area (Å²) in [5.74, 6) is 1.17. The second-order valence-corrected chi connectivity index (χ2v) is 4.05. The van der Waals surface area contributed by atoms with Crippen molar-refractivity contribution in [1.82, 2.24) is 9.97 Å². The first-order chi connectivity index (χ1) is 8.22. The molecule has 6 heteroatoms. The van der Waals surface area contributed by atoms with Crippen LogP contribution in [-0.2, 0) is 4.74 Å². The van der Waals surface area contributed by atoms with Gasteiger partial charge in [-0.25, -0.2) is 9.97 Å². The second-order valence-electron chi connectivity index (χ2n) is 4.05. The van der Waals surface area contributed by atoms with Crippen molar-refractivity contribution in [2.45, 2.75) is 18.9 Å². The molecule has 1 aliphatic heterocycles. The third-order valence-electron chi connectivity index (χ3n) is 2.62. The summed E-state index contributed by atoms with van der Waals surface area (Å²) < 4.78 is 10.4. The minimum atomic E-state index is -0.795. The van der Waals surface area contributed by atoms with E-state index in [0.717, 1.165) is 0 Å². The zero-order valence-corrected chi connectivity index (χ0v) is 9.85. The van der Waals surface area contributed by atoms with Crippen molar-refractivity contribution in [3.05, 3.63) is 12.4 Å². The first-order valence-corrected chi connectivity index (χ1v) is 5.71. The van der Waals surface area contributed by atoms with Crippen LogP contribution < -0.4 is 10.1 Å². The molecule has 1 aromatic heterocycles. The van der Waals surface area contributed by atoms with Gasteiger partial charge in [0, 0.05) is 25.6 Å². The zero-order valence-electron chi connectivity index (χ0n) is 9.85. The molecule has 0 aliphatic carbocycles. The van der Waals surface area contributed by atoms with Gasteiger partial charge in [0.2, 0.25) is 5.88 Å². The minimum absolute atomic E-state index is 0.364. The molecule has 1 fully saturated rings. The third kappa shape index (κ3) is 3.28. The molecule has 0 radical (unpaired) electrons. The first-order valence-electron chi connectivity index (χ1n) is 5.71. The van der Waals surface area contributed by atoms with Crippen LogP contribution in [0.4, 0.5) is 5.82 Å². The van der Waals surface area contributed by atoms with E-state index in [2.05, 4.69) is 15.3 Å². The first kappa shape index (κ1) is 12.1. The Balaban J connectivity index is 1.91. The maximum atomic E-state index is 10.1. The highest BCUT2D eigenvalue weighted by molar-refractivity contribution is 5.37. The molecule has 2 rings (SSSR count). The summed E-state index contributed by atoms with van der Waals surface area (Å²) in [6, 6.07) is 1.71. The SMILES string of the molecule is CCOc1cc(NCC2(O)CCOC2)ncn1. The number of hydrogen-bond acceptors (Lipinski definition) is 6.